The van der Waals surface area contributed by atoms with Crippen LogP contribution in [0.25, 0.3) is 11.2 Å². The number of imidazole rings is 1. The van der Waals surface area contributed by atoms with Crippen LogP contribution < -0.4 is 15.4 Å². The second-order valence-corrected chi connectivity index (χ2v) is 11.6. The maximum absolute atomic E-state index is 14.3. The van der Waals surface area contributed by atoms with Crippen molar-refractivity contribution in [3.05, 3.63) is 36.3 Å². The molecule has 0 unspecified atom stereocenters. The summed E-state index contributed by atoms with van der Waals surface area (Å²) < 4.78 is 41.8. The lowest BCUT2D eigenvalue weighted by atomic mass is 9.86. The molecule has 0 saturated heterocycles. The standard InChI is InChI=1S/C24H32FN7O2S/c1-35(33,34)27-14-16-10-12-17(13-11-16)28-23-26-15-21-22(31-23)32(18-6-2-3-7-18)24(30-21)29-20-9-5-4-8-19(20)25/h4-5,8-9,15-18,27H,2-3,6-7,10-14H2,1H3,(H,29,30)(H,26,28,31). The maximum Gasteiger partial charge on any atom is 0.224 e. The van der Waals surface area contributed by atoms with Crippen LogP contribution in [0.3, 0.4) is 0 Å². The van der Waals surface area contributed by atoms with Gasteiger partial charge in [0.25, 0.3) is 0 Å². The number of nitrogens with one attached hydrogen (secondary N) is 3. The topological polar surface area (TPSA) is 114 Å². The summed E-state index contributed by atoms with van der Waals surface area (Å²) in [5, 5.41) is 6.64. The van der Waals surface area contributed by atoms with Crippen molar-refractivity contribution in [3.63, 3.8) is 0 Å². The Morgan fingerprint density at radius 1 is 1.06 bits per heavy atom. The van der Waals surface area contributed by atoms with Gasteiger partial charge in [0.1, 0.15) is 11.3 Å². The van der Waals surface area contributed by atoms with Crippen LogP contribution in [-0.4, -0.2) is 46.8 Å². The first-order chi connectivity index (χ1) is 16.9. The molecule has 188 valence electrons. The molecule has 1 aromatic carbocycles. The maximum atomic E-state index is 14.3. The van der Waals surface area contributed by atoms with E-state index in [-0.39, 0.29) is 17.9 Å². The number of fused-ring (bicyclic) bond motifs is 1. The van der Waals surface area contributed by atoms with Gasteiger partial charge in [-0.2, -0.15) is 4.98 Å². The molecule has 2 aliphatic carbocycles. The molecule has 0 amide bonds. The molecular weight excluding hydrogens is 469 g/mol. The third-order valence-corrected chi connectivity index (χ3v) is 7.75. The Hall–Kier alpha value is -2.79. The first-order valence-electron chi connectivity index (χ1n) is 12.3. The minimum Gasteiger partial charge on any atom is -0.351 e. The van der Waals surface area contributed by atoms with E-state index in [0.717, 1.165) is 57.0 Å². The van der Waals surface area contributed by atoms with Gasteiger partial charge in [0.05, 0.1) is 18.1 Å². The quantitative estimate of drug-likeness (QED) is 0.421. The van der Waals surface area contributed by atoms with Crippen molar-refractivity contribution < 1.29 is 12.8 Å². The Bertz CT molecular complexity index is 1280. The molecular formula is C24H32FN7O2S. The van der Waals surface area contributed by atoms with Gasteiger partial charge < -0.3 is 10.6 Å². The lowest BCUT2D eigenvalue weighted by Gasteiger charge is -2.29. The largest absolute Gasteiger partial charge is 0.351 e. The van der Waals surface area contributed by atoms with Crippen molar-refractivity contribution >= 4 is 38.8 Å². The number of rotatable bonds is 8. The number of hydrogen-bond acceptors (Lipinski definition) is 7. The average Bonchev–Trinajstić information content (AvgIpc) is 3.47. The molecule has 0 spiro atoms. The summed E-state index contributed by atoms with van der Waals surface area (Å²) in [6.07, 6.45) is 11.0. The summed E-state index contributed by atoms with van der Waals surface area (Å²) in [6.45, 7) is 0.492. The normalized spacial score (nSPS) is 21.4. The Balaban J connectivity index is 1.34. The van der Waals surface area contributed by atoms with Crippen LogP contribution in [0.1, 0.15) is 57.4 Å². The number of benzene rings is 1. The highest BCUT2D eigenvalue weighted by Gasteiger charge is 2.26. The van der Waals surface area contributed by atoms with Crippen molar-refractivity contribution in [2.75, 3.05) is 23.4 Å². The van der Waals surface area contributed by atoms with Gasteiger partial charge in [-0.15, -0.1) is 0 Å². The summed E-state index contributed by atoms with van der Waals surface area (Å²) in [5.74, 6) is 1.17. The predicted octanol–water partition coefficient (Wildman–Crippen LogP) is 4.34. The fraction of sp³-hybridized carbons (Fsp3) is 0.542. The summed E-state index contributed by atoms with van der Waals surface area (Å²) >= 11 is 0. The summed E-state index contributed by atoms with van der Waals surface area (Å²) in [4.78, 5) is 14.0. The molecule has 0 radical (unpaired) electrons. The average molecular weight is 502 g/mol. The van der Waals surface area contributed by atoms with Gasteiger partial charge in [-0.3, -0.25) is 4.57 Å². The predicted molar refractivity (Wildman–Crippen MR) is 135 cm³/mol. The van der Waals surface area contributed by atoms with Crippen LogP contribution >= 0.6 is 0 Å². The van der Waals surface area contributed by atoms with Crippen LogP contribution in [-0.2, 0) is 10.0 Å². The number of nitrogens with zero attached hydrogens (tertiary/aromatic N) is 4. The first-order valence-corrected chi connectivity index (χ1v) is 14.2. The van der Waals surface area contributed by atoms with E-state index in [2.05, 4.69) is 24.9 Å². The number of halogens is 1. The van der Waals surface area contributed by atoms with Gasteiger partial charge in [0.2, 0.25) is 21.9 Å². The molecule has 3 N–H and O–H groups in total. The molecule has 2 heterocycles. The fourth-order valence-electron chi connectivity index (χ4n) is 5.20. The Kier molecular flexibility index (Phi) is 6.88. The van der Waals surface area contributed by atoms with Crippen molar-refractivity contribution in [2.45, 2.75) is 63.5 Å². The van der Waals surface area contributed by atoms with E-state index in [1.165, 1.54) is 12.3 Å². The molecule has 2 aliphatic rings. The molecule has 0 bridgehead atoms. The molecule has 9 nitrogen and oxygen atoms in total. The van der Waals surface area contributed by atoms with Gasteiger partial charge >= 0.3 is 0 Å². The molecule has 35 heavy (non-hydrogen) atoms. The van der Waals surface area contributed by atoms with E-state index in [1.54, 1.807) is 24.4 Å². The molecule has 0 aliphatic heterocycles. The van der Waals surface area contributed by atoms with Crippen molar-refractivity contribution in [3.8, 4) is 0 Å². The SMILES string of the molecule is CS(=O)(=O)NCC1CCC(Nc2ncc3nc(Nc4ccccc4F)n(C4CCCC4)c3n2)CC1. The van der Waals surface area contributed by atoms with Crippen LogP contribution in [0.4, 0.5) is 22.0 Å². The van der Waals surface area contributed by atoms with Crippen molar-refractivity contribution in [1.29, 1.82) is 0 Å². The van der Waals surface area contributed by atoms with E-state index in [4.69, 9.17) is 9.97 Å². The smallest absolute Gasteiger partial charge is 0.224 e. The number of para-hydroxylation sites is 1. The van der Waals surface area contributed by atoms with Crippen LogP contribution in [0.2, 0.25) is 0 Å². The summed E-state index contributed by atoms with van der Waals surface area (Å²) in [5.41, 5.74) is 1.81. The monoisotopic (exact) mass is 501 g/mol. The summed E-state index contributed by atoms with van der Waals surface area (Å²) in [6, 6.07) is 7.09. The third kappa shape index (κ3) is 5.72. The number of aromatic nitrogens is 4. The lowest BCUT2D eigenvalue weighted by molar-refractivity contribution is 0.337. The second-order valence-electron chi connectivity index (χ2n) is 9.73. The molecule has 3 aromatic rings. The highest BCUT2D eigenvalue weighted by Crippen LogP contribution is 2.36. The van der Waals surface area contributed by atoms with Gasteiger partial charge in [-0.25, -0.2) is 27.5 Å². The Labute approximate surface area is 205 Å². The summed E-state index contributed by atoms with van der Waals surface area (Å²) in [7, 11) is -3.16. The van der Waals surface area contributed by atoms with Crippen LogP contribution in [0.5, 0.6) is 0 Å². The number of hydrogen-bond donors (Lipinski definition) is 3. The molecule has 2 saturated carbocycles. The minimum absolute atomic E-state index is 0.237. The van der Waals surface area contributed by atoms with E-state index < -0.39 is 10.0 Å². The molecule has 2 fully saturated rings. The highest BCUT2D eigenvalue weighted by atomic mass is 32.2. The van der Waals surface area contributed by atoms with Crippen LogP contribution in [0, 0.1) is 11.7 Å². The van der Waals surface area contributed by atoms with Crippen molar-refractivity contribution in [1.82, 2.24) is 24.2 Å². The van der Waals surface area contributed by atoms with E-state index in [9.17, 15) is 12.8 Å². The highest BCUT2D eigenvalue weighted by molar-refractivity contribution is 7.88. The fourth-order valence-corrected chi connectivity index (χ4v) is 5.74. The number of sulfonamides is 1. The third-order valence-electron chi connectivity index (χ3n) is 7.06. The van der Waals surface area contributed by atoms with Gasteiger partial charge in [-0.1, -0.05) is 25.0 Å². The zero-order chi connectivity index (χ0) is 24.4. The van der Waals surface area contributed by atoms with Gasteiger partial charge in [0, 0.05) is 18.6 Å². The lowest BCUT2D eigenvalue weighted by Crippen LogP contribution is -2.33. The second kappa shape index (κ2) is 10.1. The van der Waals surface area contributed by atoms with E-state index >= 15 is 0 Å². The minimum atomic E-state index is -3.16. The molecule has 0 atom stereocenters. The Morgan fingerprint density at radius 3 is 2.51 bits per heavy atom. The van der Waals surface area contributed by atoms with Gasteiger partial charge in [0.15, 0.2) is 5.65 Å². The zero-order valence-corrected chi connectivity index (χ0v) is 20.7. The van der Waals surface area contributed by atoms with Crippen LogP contribution in [0.15, 0.2) is 30.5 Å². The molecule has 2 aromatic heterocycles. The number of anilines is 3. The zero-order valence-electron chi connectivity index (χ0n) is 19.9. The Morgan fingerprint density at radius 2 is 1.80 bits per heavy atom. The van der Waals surface area contributed by atoms with Gasteiger partial charge in [-0.05, 0) is 56.6 Å². The van der Waals surface area contributed by atoms with Crippen molar-refractivity contribution in [2.24, 2.45) is 5.92 Å². The molecule has 11 heteroatoms. The van der Waals surface area contributed by atoms with E-state index in [0.29, 0.717) is 35.6 Å². The molecule has 5 rings (SSSR count). The first kappa shape index (κ1) is 23.9. The van der Waals surface area contributed by atoms with E-state index in [1.807, 2.05) is 0 Å².